The summed E-state index contributed by atoms with van der Waals surface area (Å²) in [5.41, 5.74) is 7.29. The third-order valence-corrected chi connectivity index (χ3v) is 8.56. The highest BCUT2D eigenvalue weighted by molar-refractivity contribution is 7.99. The Morgan fingerprint density at radius 2 is 1.86 bits per heavy atom. The van der Waals surface area contributed by atoms with Crippen LogP contribution >= 0.6 is 11.8 Å². The van der Waals surface area contributed by atoms with Crippen LogP contribution in [0.3, 0.4) is 0 Å². The Morgan fingerprint density at radius 1 is 1.05 bits per heavy atom. The summed E-state index contributed by atoms with van der Waals surface area (Å²) in [5.74, 6) is 2.53. The predicted octanol–water partition coefficient (Wildman–Crippen LogP) is 7.61. The maximum Gasteiger partial charge on any atom is 0.255 e. The number of allylic oxidation sites excluding steroid dienone is 1. The molecule has 0 spiro atoms. The van der Waals surface area contributed by atoms with Gasteiger partial charge in [0.05, 0.1) is 12.7 Å². The van der Waals surface area contributed by atoms with Crippen molar-refractivity contribution in [1.29, 1.82) is 0 Å². The largest absolute Gasteiger partial charge is 0.493 e. The van der Waals surface area contributed by atoms with Crippen molar-refractivity contribution >= 4 is 29.3 Å². The molecule has 0 aliphatic carbocycles. The van der Waals surface area contributed by atoms with Crippen LogP contribution < -0.4 is 20.1 Å². The van der Waals surface area contributed by atoms with E-state index in [9.17, 15) is 4.79 Å². The number of carbonyl (C=O) groups is 1. The number of amides is 1. The van der Waals surface area contributed by atoms with Crippen molar-refractivity contribution in [2.45, 2.75) is 65.3 Å². The van der Waals surface area contributed by atoms with Crippen molar-refractivity contribution < 1.29 is 14.3 Å². The molecule has 0 fully saturated rings. The minimum absolute atomic E-state index is 0.205. The summed E-state index contributed by atoms with van der Waals surface area (Å²) in [6.45, 7) is 10.6. The van der Waals surface area contributed by atoms with Gasteiger partial charge in [-0.05, 0) is 74.6 Å². The summed E-state index contributed by atoms with van der Waals surface area (Å²) in [6, 6.07) is 19.4. The van der Waals surface area contributed by atoms with Crippen LogP contribution in [0.15, 0.2) is 77.1 Å². The first-order valence-corrected chi connectivity index (χ1v) is 15.6. The highest BCUT2D eigenvalue weighted by Gasteiger charge is 2.35. The van der Waals surface area contributed by atoms with Gasteiger partial charge in [-0.25, -0.2) is 4.68 Å². The van der Waals surface area contributed by atoms with E-state index in [2.05, 4.69) is 36.6 Å². The number of aromatic nitrogens is 3. The first-order valence-electron chi connectivity index (χ1n) is 14.6. The summed E-state index contributed by atoms with van der Waals surface area (Å²) in [6.07, 6.45) is 2.18. The van der Waals surface area contributed by atoms with Crippen LogP contribution in [-0.2, 0) is 11.4 Å². The number of aryl methyl sites for hydroxylation is 2. The lowest BCUT2D eigenvalue weighted by Crippen LogP contribution is -2.31. The third-order valence-electron chi connectivity index (χ3n) is 7.64. The number of carbonyl (C=O) groups excluding carboxylic acids is 1. The zero-order valence-electron chi connectivity index (χ0n) is 25.7. The van der Waals surface area contributed by atoms with Gasteiger partial charge in [0.1, 0.15) is 12.6 Å². The monoisotopic (exact) mass is 597 g/mol. The first-order chi connectivity index (χ1) is 20.8. The third kappa shape index (κ3) is 6.72. The van der Waals surface area contributed by atoms with Crippen LogP contribution in [0.5, 0.6) is 11.5 Å². The van der Waals surface area contributed by atoms with Gasteiger partial charge < -0.3 is 20.1 Å². The number of methoxy groups -OCH3 is 1. The lowest BCUT2D eigenvalue weighted by atomic mass is 9.94. The zero-order valence-corrected chi connectivity index (χ0v) is 26.5. The van der Waals surface area contributed by atoms with Gasteiger partial charge in [0.15, 0.2) is 11.5 Å². The van der Waals surface area contributed by atoms with Crippen molar-refractivity contribution in [3.05, 3.63) is 99.8 Å². The lowest BCUT2D eigenvalue weighted by molar-refractivity contribution is -0.113. The van der Waals surface area contributed by atoms with E-state index in [0.29, 0.717) is 34.8 Å². The molecule has 5 rings (SSSR count). The first kappa shape index (κ1) is 30.2. The molecule has 1 unspecified atom stereocenters. The Balaban J connectivity index is 1.51. The Morgan fingerprint density at radius 3 is 2.63 bits per heavy atom. The number of benzene rings is 3. The number of hydrogen-bond acceptors (Lipinski definition) is 7. The summed E-state index contributed by atoms with van der Waals surface area (Å²) in [7, 11) is 1.62. The van der Waals surface area contributed by atoms with Crippen LogP contribution in [0.25, 0.3) is 0 Å². The fourth-order valence-electron chi connectivity index (χ4n) is 5.12. The quantitative estimate of drug-likeness (QED) is 0.136. The number of nitrogens with one attached hydrogen (secondary N) is 2. The smallest absolute Gasteiger partial charge is 0.255 e. The molecule has 8 nitrogen and oxygen atoms in total. The highest BCUT2D eigenvalue weighted by atomic mass is 32.2. The number of rotatable bonds is 11. The Bertz CT molecular complexity index is 1660. The maximum absolute atomic E-state index is 14.0. The molecule has 1 atom stereocenters. The van der Waals surface area contributed by atoms with E-state index in [0.717, 1.165) is 52.2 Å². The van der Waals surface area contributed by atoms with E-state index < -0.39 is 6.04 Å². The van der Waals surface area contributed by atoms with Crippen LogP contribution in [0.1, 0.15) is 60.5 Å². The van der Waals surface area contributed by atoms with Gasteiger partial charge in [-0.2, -0.15) is 4.98 Å². The summed E-state index contributed by atoms with van der Waals surface area (Å²) >= 11 is 1.62. The molecule has 2 N–H and O–H groups in total. The summed E-state index contributed by atoms with van der Waals surface area (Å²) < 4.78 is 13.8. The summed E-state index contributed by atoms with van der Waals surface area (Å²) in [4.78, 5) is 18.8. The van der Waals surface area contributed by atoms with E-state index in [1.165, 1.54) is 5.56 Å². The molecule has 1 aromatic heterocycles. The molecule has 1 amide bonds. The zero-order chi connectivity index (χ0) is 30.5. The van der Waals surface area contributed by atoms with Gasteiger partial charge in [-0.3, -0.25) is 4.79 Å². The van der Waals surface area contributed by atoms with Gasteiger partial charge in [-0.1, -0.05) is 73.1 Å². The second-order valence-electron chi connectivity index (χ2n) is 10.8. The molecule has 0 bridgehead atoms. The molecule has 2 heterocycles. The van der Waals surface area contributed by atoms with Crippen LogP contribution in [0.2, 0.25) is 0 Å². The van der Waals surface area contributed by atoms with Crippen LogP contribution in [-0.4, -0.2) is 33.5 Å². The Labute approximate surface area is 257 Å². The number of unbranched alkanes of at least 4 members (excludes halogenated alkanes) is 1. The van der Waals surface area contributed by atoms with E-state index in [1.54, 1.807) is 23.6 Å². The SMILES string of the molecule is CCCCSc1nc2n(n1)C(c1ccc(OCc3cccc(C)c3)c(OC)c1)C(C(=O)Nc1cccc(C)c1C)=C(C)N2. The topological polar surface area (TPSA) is 90.3 Å². The average molecular weight is 598 g/mol. The molecule has 0 radical (unpaired) electrons. The fraction of sp³-hybridized carbons (Fsp3) is 0.324. The van der Waals surface area contributed by atoms with Crippen LogP contribution in [0, 0.1) is 20.8 Å². The fourth-order valence-corrected chi connectivity index (χ4v) is 6.03. The van der Waals surface area contributed by atoms with Gasteiger partial charge in [0.25, 0.3) is 5.91 Å². The van der Waals surface area contributed by atoms with E-state index in [1.807, 2.05) is 69.3 Å². The number of nitrogens with zero attached hydrogens (tertiary/aromatic N) is 3. The van der Waals surface area contributed by atoms with Gasteiger partial charge in [-0.15, -0.1) is 5.10 Å². The van der Waals surface area contributed by atoms with Crippen molar-refractivity contribution in [1.82, 2.24) is 14.8 Å². The van der Waals surface area contributed by atoms with E-state index in [-0.39, 0.29) is 5.91 Å². The van der Waals surface area contributed by atoms with Crippen molar-refractivity contribution in [3.63, 3.8) is 0 Å². The summed E-state index contributed by atoms with van der Waals surface area (Å²) in [5, 5.41) is 12.0. The number of thioether (sulfide) groups is 1. The van der Waals surface area contributed by atoms with Crippen molar-refractivity contribution in [2.24, 2.45) is 0 Å². The number of anilines is 2. The predicted molar refractivity (Wildman–Crippen MR) is 173 cm³/mol. The molecule has 1 aliphatic heterocycles. The maximum atomic E-state index is 14.0. The van der Waals surface area contributed by atoms with Gasteiger partial charge in [0, 0.05) is 17.1 Å². The standard InChI is InChI=1S/C34H39N5O3S/c1-7-8-17-43-34-37-33-35-24(5)30(32(40)36-27-14-10-12-22(3)23(27)4)31(39(33)38-34)26-15-16-28(29(19-26)41-6)42-20-25-13-9-11-21(2)18-25/h9-16,18-19,31H,7-8,17,20H2,1-6H3,(H,36,40)(H,35,37,38). The molecule has 43 heavy (non-hydrogen) atoms. The average Bonchev–Trinajstić information content (AvgIpc) is 3.40. The number of hydrogen-bond donors (Lipinski definition) is 2. The molecule has 9 heteroatoms. The van der Waals surface area contributed by atoms with Gasteiger partial charge >= 0.3 is 0 Å². The highest BCUT2D eigenvalue weighted by Crippen LogP contribution is 2.40. The molecule has 0 saturated carbocycles. The normalized spacial score (nSPS) is 14.2. The van der Waals surface area contributed by atoms with Gasteiger partial charge in [0.2, 0.25) is 11.1 Å². The number of ether oxygens (including phenoxy) is 2. The molecule has 4 aromatic rings. The minimum atomic E-state index is -0.533. The van der Waals surface area contributed by atoms with E-state index >= 15 is 0 Å². The number of fused-ring (bicyclic) bond motifs is 1. The minimum Gasteiger partial charge on any atom is -0.493 e. The molecule has 0 saturated heterocycles. The van der Waals surface area contributed by atoms with E-state index in [4.69, 9.17) is 19.6 Å². The molecule has 224 valence electrons. The second-order valence-corrected chi connectivity index (χ2v) is 11.9. The second kappa shape index (κ2) is 13.4. The molecular weight excluding hydrogens is 558 g/mol. The lowest BCUT2D eigenvalue weighted by Gasteiger charge is -2.29. The Kier molecular flexibility index (Phi) is 9.40. The molecular formula is C34H39N5O3S. The van der Waals surface area contributed by atoms with Crippen molar-refractivity contribution in [2.75, 3.05) is 23.5 Å². The molecule has 1 aliphatic rings. The van der Waals surface area contributed by atoms with Crippen molar-refractivity contribution in [3.8, 4) is 11.5 Å². The van der Waals surface area contributed by atoms with Crippen LogP contribution in [0.4, 0.5) is 11.6 Å². The Hall–Kier alpha value is -4.24. The molecule has 3 aromatic carbocycles.